The topological polar surface area (TPSA) is 17.8 Å². The van der Waals surface area contributed by atoms with Gasteiger partial charge in [0, 0.05) is 0 Å². The first-order valence-electron chi connectivity index (χ1n) is 7.20. The molecule has 2 nitrogen and oxygen atoms in total. The van der Waals surface area contributed by atoms with Crippen LogP contribution >= 0.6 is 11.6 Å². The lowest BCUT2D eigenvalue weighted by atomic mass is 10.1. The van der Waals surface area contributed by atoms with E-state index >= 15 is 0 Å². The molecule has 0 bridgehead atoms. The smallest absolute Gasteiger partial charge is 0.125 e. The molecular weight excluding hydrogens is 280 g/mol. The number of rotatable bonds is 3. The van der Waals surface area contributed by atoms with Crippen molar-refractivity contribution in [2.45, 2.75) is 32.7 Å². The Morgan fingerprint density at radius 1 is 1.05 bits per heavy atom. The maximum absolute atomic E-state index is 6.12. The van der Waals surface area contributed by atoms with E-state index in [9.17, 15) is 0 Å². The van der Waals surface area contributed by atoms with Gasteiger partial charge in [-0.1, -0.05) is 35.9 Å². The van der Waals surface area contributed by atoms with Gasteiger partial charge in [-0.05, 0) is 44.0 Å². The Balaban J connectivity index is 2.17. The Kier molecular flexibility index (Phi) is 3.73. The fourth-order valence-electron chi connectivity index (χ4n) is 2.77. The van der Waals surface area contributed by atoms with Crippen molar-refractivity contribution in [3.05, 3.63) is 65.0 Å². The summed E-state index contributed by atoms with van der Waals surface area (Å²) in [5.41, 5.74) is 5.94. The molecule has 1 heterocycles. The maximum atomic E-state index is 6.12. The molecule has 0 N–H and O–H groups in total. The third-order valence-electron chi connectivity index (χ3n) is 3.98. The van der Waals surface area contributed by atoms with Crippen molar-refractivity contribution in [2.24, 2.45) is 0 Å². The first-order valence-corrected chi connectivity index (χ1v) is 7.73. The first kappa shape index (κ1) is 14.2. The molecule has 1 aromatic heterocycles. The van der Waals surface area contributed by atoms with Crippen LogP contribution in [0.4, 0.5) is 0 Å². The monoisotopic (exact) mass is 298 g/mol. The Morgan fingerprint density at radius 3 is 2.38 bits per heavy atom. The van der Waals surface area contributed by atoms with Crippen LogP contribution in [0.15, 0.2) is 42.5 Å². The van der Waals surface area contributed by atoms with E-state index in [0.717, 1.165) is 16.9 Å². The highest BCUT2D eigenvalue weighted by molar-refractivity contribution is 6.16. The van der Waals surface area contributed by atoms with Crippen LogP contribution < -0.4 is 0 Å². The number of hydrogen-bond donors (Lipinski definition) is 0. The zero-order valence-electron chi connectivity index (χ0n) is 12.6. The van der Waals surface area contributed by atoms with Crippen LogP contribution in [0.3, 0.4) is 0 Å². The summed E-state index contributed by atoms with van der Waals surface area (Å²) in [6.07, 6.45) is 0. The van der Waals surface area contributed by atoms with Crippen LogP contribution in [0.1, 0.15) is 35.5 Å². The molecular formula is C18H19ClN2. The van der Waals surface area contributed by atoms with Crippen LogP contribution in [-0.4, -0.2) is 9.55 Å². The second kappa shape index (κ2) is 5.53. The molecule has 0 saturated carbocycles. The molecule has 3 aromatic rings. The predicted octanol–water partition coefficient (Wildman–Crippen LogP) is 5.00. The number of fused-ring (bicyclic) bond motifs is 1. The lowest BCUT2D eigenvalue weighted by Gasteiger charge is -2.18. The lowest BCUT2D eigenvalue weighted by molar-refractivity contribution is 0.633. The van der Waals surface area contributed by atoms with Gasteiger partial charge in [0.1, 0.15) is 5.82 Å². The average molecular weight is 299 g/mol. The number of aromatic nitrogens is 2. The lowest BCUT2D eigenvalue weighted by Crippen LogP contribution is -2.10. The van der Waals surface area contributed by atoms with Gasteiger partial charge in [-0.2, -0.15) is 0 Å². The third kappa shape index (κ3) is 2.56. The number of nitrogens with zero attached hydrogens (tertiary/aromatic N) is 2. The SMILES string of the molecule is Cc1ccc(C(C)n2c(CCl)nc3ccc(C)cc32)cc1. The van der Waals surface area contributed by atoms with Gasteiger partial charge >= 0.3 is 0 Å². The molecule has 1 atom stereocenters. The van der Waals surface area contributed by atoms with Crippen molar-refractivity contribution in [2.75, 3.05) is 0 Å². The summed E-state index contributed by atoms with van der Waals surface area (Å²) in [6.45, 7) is 6.41. The van der Waals surface area contributed by atoms with E-state index in [4.69, 9.17) is 11.6 Å². The van der Waals surface area contributed by atoms with Crippen LogP contribution in [0.2, 0.25) is 0 Å². The molecule has 0 radical (unpaired) electrons. The fourth-order valence-corrected chi connectivity index (χ4v) is 2.96. The standard InChI is InChI=1S/C18H19ClN2/c1-12-4-7-15(8-5-12)14(3)21-17-10-13(2)6-9-16(17)20-18(21)11-19/h4-10,14H,11H2,1-3H3. The highest BCUT2D eigenvalue weighted by Gasteiger charge is 2.16. The van der Waals surface area contributed by atoms with Gasteiger partial charge in [0.2, 0.25) is 0 Å². The number of hydrogen-bond acceptors (Lipinski definition) is 1. The van der Waals surface area contributed by atoms with Gasteiger partial charge in [-0.3, -0.25) is 0 Å². The number of halogens is 1. The Labute approximate surface area is 130 Å². The van der Waals surface area contributed by atoms with E-state index in [2.05, 4.69) is 72.8 Å². The fraction of sp³-hybridized carbons (Fsp3) is 0.278. The minimum atomic E-state index is 0.214. The van der Waals surface area contributed by atoms with Gasteiger partial charge in [-0.25, -0.2) is 4.98 Å². The number of imidazole rings is 1. The number of benzene rings is 2. The van der Waals surface area contributed by atoms with Gasteiger partial charge in [-0.15, -0.1) is 11.6 Å². The number of aryl methyl sites for hydroxylation is 2. The van der Waals surface area contributed by atoms with Crippen molar-refractivity contribution < 1.29 is 0 Å². The highest BCUT2D eigenvalue weighted by atomic mass is 35.5. The second-order valence-corrected chi connectivity index (χ2v) is 5.88. The van der Waals surface area contributed by atoms with E-state index in [1.165, 1.54) is 16.7 Å². The van der Waals surface area contributed by atoms with E-state index < -0.39 is 0 Å². The first-order chi connectivity index (χ1) is 10.1. The summed E-state index contributed by atoms with van der Waals surface area (Å²) in [5.74, 6) is 1.34. The van der Waals surface area contributed by atoms with Gasteiger partial charge in [0.05, 0.1) is 23.0 Å². The summed E-state index contributed by atoms with van der Waals surface area (Å²) in [5, 5.41) is 0. The molecule has 0 aliphatic rings. The molecule has 0 fully saturated rings. The van der Waals surface area contributed by atoms with Gasteiger partial charge in [0.25, 0.3) is 0 Å². The Morgan fingerprint density at radius 2 is 1.71 bits per heavy atom. The number of alkyl halides is 1. The minimum Gasteiger partial charge on any atom is -0.320 e. The van der Waals surface area contributed by atoms with Crippen molar-refractivity contribution >= 4 is 22.6 Å². The van der Waals surface area contributed by atoms with E-state index in [-0.39, 0.29) is 6.04 Å². The summed E-state index contributed by atoms with van der Waals surface area (Å²) >= 11 is 6.12. The molecule has 3 rings (SSSR count). The molecule has 3 heteroatoms. The summed E-state index contributed by atoms with van der Waals surface area (Å²) in [4.78, 5) is 4.67. The van der Waals surface area contributed by atoms with Crippen molar-refractivity contribution in [3.63, 3.8) is 0 Å². The second-order valence-electron chi connectivity index (χ2n) is 5.61. The van der Waals surface area contributed by atoms with Crippen molar-refractivity contribution in [3.8, 4) is 0 Å². The zero-order valence-corrected chi connectivity index (χ0v) is 13.4. The predicted molar refractivity (Wildman–Crippen MR) is 89.0 cm³/mol. The quantitative estimate of drug-likeness (QED) is 0.622. The molecule has 0 saturated heterocycles. The Bertz CT molecular complexity index is 772. The summed E-state index contributed by atoms with van der Waals surface area (Å²) in [7, 11) is 0. The zero-order chi connectivity index (χ0) is 15.0. The molecule has 0 aliphatic heterocycles. The molecule has 0 aliphatic carbocycles. The van der Waals surface area contributed by atoms with E-state index in [0.29, 0.717) is 5.88 Å². The van der Waals surface area contributed by atoms with Crippen LogP contribution in [0.5, 0.6) is 0 Å². The Hall–Kier alpha value is -1.80. The van der Waals surface area contributed by atoms with Crippen LogP contribution in [0, 0.1) is 13.8 Å². The van der Waals surface area contributed by atoms with E-state index in [1.807, 2.05) is 0 Å². The maximum Gasteiger partial charge on any atom is 0.125 e. The largest absolute Gasteiger partial charge is 0.320 e. The highest BCUT2D eigenvalue weighted by Crippen LogP contribution is 2.27. The van der Waals surface area contributed by atoms with Gasteiger partial charge < -0.3 is 4.57 Å². The van der Waals surface area contributed by atoms with Crippen LogP contribution in [0.25, 0.3) is 11.0 Å². The average Bonchev–Trinajstić information content (AvgIpc) is 2.85. The van der Waals surface area contributed by atoms with E-state index in [1.54, 1.807) is 0 Å². The van der Waals surface area contributed by atoms with Gasteiger partial charge in [0.15, 0.2) is 0 Å². The molecule has 1 unspecified atom stereocenters. The summed E-state index contributed by atoms with van der Waals surface area (Å²) < 4.78 is 2.25. The normalized spacial score (nSPS) is 12.8. The molecule has 0 spiro atoms. The molecule has 2 aromatic carbocycles. The molecule has 108 valence electrons. The minimum absolute atomic E-state index is 0.214. The molecule has 0 amide bonds. The van der Waals surface area contributed by atoms with Crippen molar-refractivity contribution in [1.29, 1.82) is 0 Å². The van der Waals surface area contributed by atoms with Crippen molar-refractivity contribution in [1.82, 2.24) is 9.55 Å². The molecule has 21 heavy (non-hydrogen) atoms. The summed E-state index contributed by atoms with van der Waals surface area (Å²) in [6, 6.07) is 15.2. The van der Waals surface area contributed by atoms with Crippen LogP contribution in [-0.2, 0) is 5.88 Å². The third-order valence-corrected chi connectivity index (χ3v) is 4.22.